The van der Waals surface area contributed by atoms with E-state index in [2.05, 4.69) is 10.3 Å². The van der Waals surface area contributed by atoms with Crippen LogP contribution in [-0.4, -0.2) is 18.2 Å². The third-order valence-electron chi connectivity index (χ3n) is 2.61. The largest absolute Gasteiger partial charge is 0.490 e. The Balaban J connectivity index is 2.22. The number of nitrogen functional groups attached to an aromatic ring is 1. The van der Waals surface area contributed by atoms with Gasteiger partial charge in [-0.15, -0.1) is 0 Å². The first-order valence-corrected chi connectivity index (χ1v) is 6.61. The van der Waals surface area contributed by atoms with E-state index < -0.39 is 0 Å². The summed E-state index contributed by atoms with van der Waals surface area (Å²) in [7, 11) is 0. The first kappa shape index (κ1) is 14.0. The fraction of sp³-hybridized carbons (Fsp3) is 0.267. The van der Waals surface area contributed by atoms with Crippen molar-refractivity contribution in [3.63, 3.8) is 0 Å². The number of anilines is 3. The van der Waals surface area contributed by atoms with Crippen LogP contribution < -0.4 is 20.5 Å². The number of rotatable bonds is 6. The van der Waals surface area contributed by atoms with E-state index in [1.54, 1.807) is 12.3 Å². The zero-order valence-corrected chi connectivity index (χ0v) is 11.7. The summed E-state index contributed by atoms with van der Waals surface area (Å²) >= 11 is 0. The van der Waals surface area contributed by atoms with Gasteiger partial charge in [0.2, 0.25) is 0 Å². The minimum Gasteiger partial charge on any atom is -0.490 e. The lowest BCUT2D eigenvalue weighted by molar-refractivity contribution is 0.288. The van der Waals surface area contributed by atoms with Crippen LogP contribution in [0.5, 0.6) is 11.5 Å². The summed E-state index contributed by atoms with van der Waals surface area (Å²) in [4.78, 5) is 3.96. The summed E-state index contributed by atoms with van der Waals surface area (Å²) in [6.45, 7) is 5.08. The van der Waals surface area contributed by atoms with E-state index in [0.29, 0.717) is 19.0 Å². The quantitative estimate of drug-likeness (QED) is 0.845. The van der Waals surface area contributed by atoms with Crippen molar-refractivity contribution in [2.75, 3.05) is 24.3 Å². The van der Waals surface area contributed by atoms with Gasteiger partial charge in [-0.25, -0.2) is 4.98 Å². The Bertz CT molecular complexity index is 573. The highest BCUT2D eigenvalue weighted by Gasteiger charge is 2.06. The molecule has 0 radical (unpaired) electrons. The van der Waals surface area contributed by atoms with E-state index in [4.69, 9.17) is 15.2 Å². The summed E-state index contributed by atoms with van der Waals surface area (Å²) < 4.78 is 11.1. The van der Waals surface area contributed by atoms with Crippen molar-refractivity contribution in [1.82, 2.24) is 4.98 Å². The van der Waals surface area contributed by atoms with E-state index in [1.807, 2.05) is 38.1 Å². The van der Waals surface area contributed by atoms with Gasteiger partial charge in [-0.1, -0.05) is 0 Å². The highest BCUT2D eigenvalue weighted by molar-refractivity contribution is 5.64. The maximum atomic E-state index is 5.66. The van der Waals surface area contributed by atoms with Gasteiger partial charge >= 0.3 is 0 Å². The molecule has 0 spiro atoms. The van der Waals surface area contributed by atoms with E-state index in [-0.39, 0.29) is 0 Å². The second-order valence-corrected chi connectivity index (χ2v) is 4.12. The molecule has 0 aliphatic carbocycles. The van der Waals surface area contributed by atoms with Crippen LogP contribution >= 0.6 is 0 Å². The lowest BCUT2D eigenvalue weighted by atomic mass is 10.2. The fourth-order valence-electron chi connectivity index (χ4n) is 1.82. The monoisotopic (exact) mass is 273 g/mol. The lowest BCUT2D eigenvalue weighted by Crippen LogP contribution is -2.00. The molecule has 0 atom stereocenters. The minimum atomic E-state index is 0.478. The summed E-state index contributed by atoms with van der Waals surface area (Å²) in [5, 5.41) is 3.26. The van der Waals surface area contributed by atoms with Crippen LogP contribution in [-0.2, 0) is 0 Å². The van der Waals surface area contributed by atoms with Crippen molar-refractivity contribution < 1.29 is 9.47 Å². The molecule has 0 amide bonds. The standard InChI is InChI=1S/C15H19N3O2/c1-3-19-13-6-5-11(9-14(13)20-4-2)18-12-7-8-17-15(16)10-12/h5-10H,3-4H2,1-2H3,(H3,16,17,18). The number of hydrogen-bond donors (Lipinski definition) is 2. The number of ether oxygens (including phenoxy) is 2. The number of aromatic nitrogens is 1. The number of nitrogens with zero attached hydrogens (tertiary/aromatic N) is 1. The van der Waals surface area contributed by atoms with Crippen LogP contribution in [0.25, 0.3) is 0 Å². The number of nitrogens with one attached hydrogen (secondary N) is 1. The van der Waals surface area contributed by atoms with Crippen molar-refractivity contribution >= 4 is 17.2 Å². The summed E-state index contributed by atoms with van der Waals surface area (Å²) in [5.74, 6) is 1.95. The minimum absolute atomic E-state index is 0.478. The van der Waals surface area contributed by atoms with Crippen LogP contribution in [0.1, 0.15) is 13.8 Å². The molecule has 5 heteroatoms. The van der Waals surface area contributed by atoms with Gasteiger partial charge in [0.05, 0.1) is 13.2 Å². The maximum absolute atomic E-state index is 5.66. The van der Waals surface area contributed by atoms with E-state index in [0.717, 1.165) is 22.9 Å². The zero-order chi connectivity index (χ0) is 14.4. The highest BCUT2D eigenvalue weighted by atomic mass is 16.5. The van der Waals surface area contributed by atoms with E-state index in [1.165, 1.54) is 0 Å². The predicted molar refractivity (Wildman–Crippen MR) is 80.7 cm³/mol. The van der Waals surface area contributed by atoms with Gasteiger partial charge in [0.25, 0.3) is 0 Å². The molecule has 1 heterocycles. The van der Waals surface area contributed by atoms with Crippen molar-refractivity contribution in [1.29, 1.82) is 0 Å². The van der Waals surface area contributed by atoms with Gasteiger partial charge in [-0.3, -0.25) is 0 Å². The fourth-order valence-corrected chi connectivity index (χ4v) is 1.82. The molecule has 0 saturated heterocycles. The Morgan fingerprint density at radius 3 is 2.40 bits per heavy atom. The predicted octanol–water partition coefficient (Wildman–Crippen LogP) is 3.20. The van der Waals surface area contributed by atoms with Crippen molar-refractivity contribution in [3.05, 3.63) is 36.5 Å². The van der Waals surface area contributed by atoms with Gasteiger partial charge in [0.1, 0.15) is 5.82 Å². The molecule has 2 rings (SSSR count). The third kappa shape index (κ3) is 3.54. The van der Waals surface area contributed by atoms with Crippen LogP contribution in [0, 0.1) is 0 Å². The van der Waals surface area contributed by atoms with Crippen molar-refractivity contribution in [3.8, 4) is 11.5 Å². The average Bonchev–Trinajstić information content (AvgIpc) is 2.42. The number of nitrogens with two attached hydrogens (primary N) is 1. The Kier molecular flexibility index (Phi) is 4.65. The molecule has 0 aliphatic heterocycles. The van der Waals surface area contributed by atoms with E-state index >= 15 is 0 Å². The summed E-state index contributed by atoms with van der Waals surface area (Å²) in [5.41, 5.74) is 7.44. The van der Waals surface area contributed by atoms with Crippen molar-refractivity contribution in [2.24, 2.45) is 0 Å². The first-order chi connectivity index (χ1) is 9.72. The molecule has 0 saturated carbocycles. The molecule has 20 heavy (non-hydrogen) atoms. The second kappa shape index (κ2) is 6.65. The normalized spacial score (nSPS) is 10.1. The van der Waals surface area contributed by atoms with E-state index in [9.17, 15) is 0 Å². The summed E-state index contributed by atoms with van der Waals surface area (Å²) in [6, 6.07) is 9.36. The molecule has 0 unspecified atom stereocenters. The Labute approximate surface area is 118 Å². The molecule has 0 fully saturated rings. The molecule has 1 aromatic heterocycles. The topological polar surface area (TPSA) is 69.4 Å². The zero-order valence-electron chi connectivity index (χ0n) is 11.7. The summed E-state index contributed by atoms with van der Waals surface area (Å²) in [6.07, 6.45) is 1.66. The second-order valence-electron chi connectivity index (χ2n) is 4.12. The Morgan fingerprint density at radius 2 is 1.70 bits per heavy atom. The number of benzene rings is 1. The average molecular weight is 273 g/mol. The number of pyridine rings is 1. The van der Waals surface area contributed by atoms with Crippen LogP contribution in [0.4, 0.5) is 17.2 Å². The van der Waals surface area contributed by atoms with Crippen LogP contribution in [0.15, 0.2) is 36.5 Å². The SMILES string of the molecule is CCOc1ccc(Nc2ccnc(N)c2)cc1OCC. The van der Waals surface area contributed by atoms with Crippen LogP contribution in [0.2, 0.25) is 0 Å². The van der Waals surface area contributed by atoms with Crippen molar-refractivity contribution in [2.45, 2.75) is 13.8 Å². The molecule has 0 aliphatic rings. The molecule has 1 aromatic carbocycles. The molecular formula is C15H19N3O2. The number of hydrogen-bond acceptors (Lipinski definition) is 5. The van der Waals surface area contributed by atoms with Gasteiger partial charge in [-0.05, 0) is 32.0 Å². The van der Waals surface area contributed by atoms with Gasteiger partial charge < -0.3 is 20.5 Å². The smallest absolute Gasteiger partial charge is 0.163 e. The Hall–Kier alpha value is -2.43. The molecule has 2 aromatic rings. The highest BCUT2D eigenvalue weighted by Crippen LogP contribution is 2.31. The third-order valence-corrected chi connectivity index (χ3v) is 2.61. The van der Waals surface area contributed by atoms with Crippen LogP contribution in [0.3, 0.4) is 0 Å². The first-order valence-electron chi connectivity index (χ1n) is 6.61. The van der Waals surface area contributed by atoms with Gasteiger partial charge in [0.15, 0.2) is 11.5 Å². The molecule has 106 valence electrons. The lowest BCUT2D eigenvalue weighted by Gasteiger charge is -2.13. The van der Waals surface area contributed by atoms with Gasteiger partial charge in [0, 0.05) is 29.7 Å². The molecular weight excluding hydrogens is 254 g/mol. The van der Waals surface area contributed by atoms with Gasteiger partial charge in [-0.2, -0.15) is 0 Å². The molecule has 0 bridgehead atoms. The molecule has 3 N–H and O–H groups in total. The molecule has 5 nitrogen and oxygen atoms in total. The maximum Gasteiger partial charge on any atom is 0.163 e. The Morgan fingerprint density at radius 1 is 1.00 bits per heavy atom.